The van der Waals surface area contributed by atoms with Crippen molar-refractivity contribution >= 4 is 22.4 Å². The average Bonchev–Trinajstić information content (AvgIpc) is 2.55. The first kappa shape index (κ1) is 16.0. The van der Waals surface area contributed by atoms with Crippen molar-refractivity contribution in [2.75, 3.05) is 25.3 Å². The van der Waals surface area contributed by atoms with E-state index in [1.54, 1.807) is 62.8 Å². The van der Waals surface area contributed by atoms with Crippen molar-refractivity contribution in [2.24, 2.45) is 0 Å². The van der Waals surface area contributed by atoms with Crippen molar-refractivity contribution in [1.82, 2.24) is 0 Å². The molecule has 1 amide bonds. The molecule has 6 heteroatoms. The van der Waals surface area contributed by atoms with Crippen LogP contribution >= 0.6 is 0 Å². The zero-order valence-electron chi connectivity index (χ0n) is 12.4. The number of carbonyl (C=O) groups is 1. The number of hydrogen-bond acceptors (Lipinski definition) is 4. The van der Waals surface area contributed by atoms with Gasteiger partial charge in [0.1, 0.15) is 17.3 Å². The van der Waals surface area contributed by atoms with E-state index in [1.807, 2.05) is 0 Å². The van der Waals surface area contributed by atoms with E-state index in [0.717, 1.165) is 0 Å². The fraction of sp³-hybridized carbons (Fsp3) is 0.188. The van der Waals surface area contributed by atoms with Crippen LogP contribution in [0.25, 0.3) is 0 Å². The molecule has 0 aliphatic carbocycles. The molecule has 0 spiro atoms. The van der Waals surface area contributed by atoms with E-state index >= 15 is 0 Å². The molecule has 2 aromatic rings. The van der Waals surface area contributed by atoms with Crippen molar-refractivity contribution in [1.29, 1.82) is 0 Å². The molecule has 0 saturated carbocycles. The van der Waals surface area contributed by atoms with Crippen LogP contribution in [0, 0.1) is 0 Å². The molecule has 1 atom stereocenters. The Kier molecular flexibility index (Phi) is 5.55. The van der Waals surface area contributed by atoms with Gasteiger partial charge in [-0.15, -0.1) is 0 Å². The Labute approximate surface area is 131 Å². The van der Waals surface area contributed by atoms with E-state index in [1.165, 1.54) is 0 Å². The quantitative estimate of drug-likeness (QED) is 0.888. The lowest BCUT2D eigenvalue weighted by Gasteiger charge is -2.07. The van der Waals surface area contributed by atoms with E-state index in [-0.39, 0.29) is 11.7 Å². The first-order valence-corrected chi connectivity index (χ1v) is 7.90. The van der Waals surface area contributed by atoms with Crippen LogP contribution in [-0.4, -0.2) is 30.1 Å². The molecule has 0 saturated heterocycles. The fourth-order valence-corrected chi connectivity index (χ4v) is 2.77. The summed E-state index contributed by atoms with van der Waals surface area (Å²) in [5.41, 5.74) is 0.633. The van der Waals surface area contributed by atoms with Gasteiger partial charge in [0.2, 0.25) is 5.91 Å². The number of rotatable bonds is 6. The number of benzene rings is 2. The molecular weight excluding hydrogens is 302 g/mol. The third kappa shape index (κ3) is 4.33. The minimum Gasteiger partial charge on any atom is -0.497 e. The van der Waals surface area contributed by atoms with Gasteiger partial charge in [0.15, 0.2) is 0 Å². The second kappa shape index (κ2) is 7.61. The molecule has 0 heterocycles. The van der Waals surface area contributed by atoms with Gasteiger partial charge in [0.25, 0.3) is 0 Å². The molecule has 2 rings (SSSR count). The van der Waals surface area contributed by atoms with Gasteiger partial charge in [0, 0.05) is 10.6 Å². The van der Waals surface area contributed by atoms with E-state index in [4.69, 9.17) is 9.47 Å². The monoisotopic (exact) mass is 319 g/mol. The van der Waals surface area contributed by atoms with Gasteiger partial charge in [-0.2, -0.15) is 0 Å². The van der Waals surface area contributed by atoms with Crippen molar-refractivity contribution < 1.29 is 18.5 Å². The van der Waals surface area contributed by atoms with Crippen LogP contribution in [0.15, 0.2) is 53.4 Å². The molecule has 116 valence electrons. The SMILES string of the molecule is COc1ccc(NC(=O)CS(=O)c2cccc(OC)c2)cc1. The zero-order chi connectivity index (χ0) is 15.9. The predicted octanol–water partition coefficient (Wildman–Crippen LogP) is 2.45. The number of methoxy groups -OCH3 is 2. The molecule has 0 aliphatic heterocycles. The first-order valence-electron chi connectivity index (χ1n) is 6.58. The topological polar surface area (TPSA) is 64.6 Å². The number of carbonyl (C=O) groups excluding carboxylic acids is 1. The molecule has 0 aliphatic rings. The average molecular weight is 319 g/mol. The van der Waals surface area contributed by atoms with Gasteiger partial charge < -0.3 is 14.8 Å². The largest absolute Gasteiger partial charge is 0.497 e. The number of nitrogens with one attached hydrogen (secondary N) is 1. The van der Waals surface area contributed by atoms with Gasteiger partial charge in [-0.3, -0.25) is 9.00 Å². The summed E-state index contributed by atoms with van der Waals surface area (Å²) in [7, 11) is 1.69. The maximum Gasteiger partial charge on any atom is 0.237 e. The maximum absolute atomic E-state index is 12.2. The molecule has 0 aromatic heterocycles. The highest BCUT2D eigenvalue weighted by atomic mass is 32.2. The van der Waals surface area contributed by atoms with E-state index in [0.29, 0.717) is 22.1 Å². The lowest BCUT2D eigenvalue weighted by Crippen LogP contribution is -2.19. The second-order valence-corrected chi connectivity index (χ2v) is 5.90. The highest BCUT2D eigenvalue weighted by Gasteiger charge is 2.11. The molecule has 0 bridgehead atoms. The summed E-state index contributed by atoms with van der Waals surface area (Å²) in [6.07, 6.45) is 0. The minimum absolute atomic E-state index is 0.112. The van der Waals surface area contributed by atoms with Crippen LogP contribution in [-0.2, 0) is 15.6 Å². The molecule has 0 radical (unpaired) electrons. The zero-order valence-corrected chi connectivity index (χ0v) is 13.2. The van der Waals surface area contributed by atoms with Gasteiger partial charge in [0.05, 0.1) is 25.0 Å². The van der Waals surface area contributed by atoms with E-state index < -0.39 is 10.8 Å². The molecule has 5 nitrogen and oxygen atoms in total. The van der Waals surface area contributed by atoms with Gasteiger partial charge >= 0.3 is 0 Å². The third-order valence-corrected chi connectivity index (χ3v) is 4.24. The predicted molar refractivity (Wildman–Crippen MR) is 85.9 cm³/mol. The maximum atomic E-state index is 12.2. The van der Waals surface area contributed by atoms with E-state index in [9.17, 15) is 9.00 Å². The molecule has 2 aromatic carbocycles. The summed E-state index contributed by atoms with van der Waals surface area (Å²) in [4.78, 5) is 12.5. The highest BCUT2D eigenvalue weighted by Crippen LogP contribution is 2.17. The highest BCUT2D eigenvalue weighted by molar-refractivity contribution is 7.85. The number of anilines is 1. The first-order chi connectivity index (χ1) is 10.6. The van der Waals surface area contributed by atoms with Crippen LogP contribution < -0.4 is 14.8 Å². The molecule has 22 heavy (non-hydrogen) atoms. The van der Waals surface area contributed by atoms with Crippen molar-refractivity contribution in [3.05, 3.63) is 48.5 Å². The minimum atomic E-state index is -1.42. The summed E-state index contributed by atoms with van der Waals surface area (Å²) in [6.45, 7) is 0. The molecule has 1 unspecified atom stereocenters. The smallest absolute Gasteiger partial charge is 0.237 e. The second-order valence-electron chi connectivity index (χ2n) is 4.45. The van der Waals surface area contributed by atoms with Crippen LogP contribution in [0.5, 0.6) is 11.5 Å². The van der Waals surface area contributed by atoms with E-state index in [2.05, 4.69) is 5.32 Å². The summed E-state index contributed by atoms with van der Waals surface area (Å²) in [5.74, 6) is 0.893. The lowest BCUT2D eigenvalue weighted by molar-refractivity contribution is -0.113. The normalized spacial score (nSPS) is 11.5. The Morgan fingerprint density at radius 3 is 2.36 bits per heavy atom. The Morgan fingerprint density at radius 1 is 1.05 bits per heavy atom. The van der Waals surface area contributed by atoms with Gasteiger partial charge in [-0.1, -0.05) is 6.07 Å². The van der Waals surface area contributed by atoms with Gasteiger partial charge in [-0.25, -0.2) is 0 Å². The Bertz CT molecular complexity index is 670. The van der Waals surface area contributed by atoms with Crippen LogP contribution in [0.4, 0.5) is 5.69 Å². The standard InChI is InChI=1S/C16H17NO4S/c1-20-13-8-6-12(7-9-13)17-16(18)11-22(19)15-5-3-4-14(10-15)21-2/h3-10H,11H2,1-2H3,(H,17,18). The van der Waals surface area contributed by atoms with Gasteiger partial charge in [-0.05, 0) is 42.5 Å². The summed E-state index contributed by atoms with van der Waals surface area (Å²) in [6, 6.07) is 13.8. The van der Waals surface area contributed by atoms with Crippen LogP contribution in [0.1, 0.15) is 0 Å². The third-order valence-electron chi connectivity index (χ3n) is 2.94. The van der Waals surface area contributed by atoms with Crippen molar-refractivity contribution in [3.8, 4) is 11.5 Å². The number of amides is 1. The molecule has 0 fully saturated rings. The summed E-state index contributed by atoms with van der Waals surface area (Å²) < 4.78 is 22.3. The summed E-state index contributed by atoms with van der Waals surface area (Å²) >= 11 is 0. The number of ether oxygens (including phenoxy) is 2. The number of hydrogen-bond donors (Lipinski definition) is 1. The Balaban J connectivity index is 1.96. The van der Waals surface area contributed by atoms with Crippen LogP contribution in [0.3, 0.4) is 0 Å². The molecular formula is C16H17NO4S. The Hall–Kier alpha value is -2.34. The van der Waals surface area contributed by atoms with Crippen molar-refractivity contribution in [2.45, 2.75) is 4.90 Å². The molecule has 1 N–H and O–H groups in total. The van der Waals surface area contributed by atoms with Crippen molar-refractivity contribution in [3.63, 3.8) is 0 Å². The fourth-order valence-electron chi connectivity index (χ4n) is 1.82. The van der Waals surface area contributed by atoms with Crippen LogP contribution in [0.2, 0.25) is 0 Å². The lowest BCUT2D eigenvalue weighted by atomic mass is 10.3. The summed E-state index contributed by atoms with van der Waals surface area (Å²) in [5, 5.41) is 2.70. The Morgan fingerprint density at radius 2 is 1.73 bits per heavy atom.